The molecule has 6 aromatic rings. The zero-order chi connectivity index (χ0) is 75.7. The van der Waals surface area contributed by atoms with Crippen molar-refractivity contribution >= 4 is 85.7 Å². The van der Waals surface area contributed by atoms with E-state index >= 15 is 0 Å². The van der Waals surface area contributed by atoms with Gasteiger partial charge in [0.1, 0.15) is 30.2 Å². The maximum atomic E-state index is 14.2. The highest BCUT2D eigenvalue weighted by atomic mass is 32.1. The summed E-state index contributed by atoms with van der Waals surface area (Å²) in [6.45, 7) is 14.2. The minimum absolute atomic E-state index is 0.00196. The molecule has 5 fully saturated rings. The molecular weight excluding hydrogens is 1380 g/mol. The van der Waals surface area contributed by atoms with E-state index in [0.29, 0.717) is 90.6 Å². The number of hydrogen-bond donors (Lipinski definition) is 8. The number of carboxylic acid groups (broad SMARTS) is 2. The number of aliphatic hydroxyl groups is 3. The van der Waals surface area contributed by atoms with Crippen LogP contribution >= 0.6 is 11.3 Å². The Labute approximate surface area is 619 Å². The van der Waals surface area contributed by atoms with E-state index in [9.17, 15) is 68.7 Å². The van der Waals surface area contributed by atoms with Crippen LogP contribution in [0.25, 0.3) is 21.3 Å². The van der Waals surface area contributed by atoms with Gasteiger partial charge in [-0.15, -0.1) is 0 Å². The van der Waals surface area contributed by atoms with Crippen molar-refractivity contribution in [1.29, 1.82) is 0 Å². The Kier molecular flexibility index (Phi) is 22.6. The number of para-hydroxylation sites is 1. The van der Waals surface area contributed by atoms with Gasteiger partial charge in [0, 0.05) is 93.6 Å². The molecule has 4 saturated carbocycles. The van der Waals surface area contributed by atoms with Crippen LogP contribution in [0.5, 0.6) is 0 Å². The number of benzene rings is 3. The SMILES string of the molecule is Cc1c(-c2ccc(N3CCc4cccc(C(=O)Nc5nc6ccccc6s5)c4C3)nc2C(=O)O)cnn1CC12CC3(C)CC(C)(C1)CC(OCCN(C)C(=O)CCc1ccc(CC(=O)[C@H](C)NC(=O)[C@@H](NC(=O)CCCCCN4C(=O)C=CC4=O)C(C)C)cc1CC[C@@H]1O[C@H](C(=O)O)[C@@H](O)[C@H](O)[C@H]1O)(C3)C2. The molecule has 0 radical (unpaired) electrons. The van der Waals surface area contributed by atoms with E-state index in [4.69, 9.17) is 19.6 Å². The zero-order valence-corrected chi connectivity index (χ0v) is 61.9. The van der Waals surface area contributed by atoms with Gasteiger partial charge in [-0.1, -0.05) is 87.9 Å². The molecule has 3 aromatic heterocycles. The largest absolute Gasteiger partial charge is 0.479 e. The number of aromatic carboxylic acids is 1. The topological polar surface area (TPSA) is 363 Å². The minimum Gasteiger partial charge on any atom is -0.479 e. The van der Waals surface area contributed by atoms with E-state index in [1.807, 2.05) is 65.0 Å². The van der Waals surface area contributed by atoms with Crippen LogP contribution < -0.4 is 20.9 Å². The Balaban J connectivity index is 0.667. The molecular formula is C79H96N10O16S. The number of carbonyl (C=O) groups excluding carboxylic acids is 7. The predicted octanol–water partition coefficient (Wildman–Crippen LogP) is 7.71. The Morgan fingerprint density at radius 3 is 2.25 bits per heavy atom. The van der Waals surface area contributed by atoms with Gasteiger partial charge in [-0.05, 0) is 171 Å². The highest BCUT2D eigenvalue weighted by molar-refractivity contribution is 7.22. The summed E-state index contributed by atoms with van der Waals surface area (Å²) in [5.41, 5.74) is 6.31. The first kappa shape index (κ1) is 76.5. The van der Waals surface area contributed by atoms with E-state index in [1.165, 1.54) is 23.5 Å². The van der Waals surface area contributed by atoms with Gasteiger partial charge < -0.3 is 55.4 Å². The van der Waals surface area contributed by atoms with Crippen molar-refractivity contribution < 1.29 is 78.2 Å². The van der Waals surface area contributed by atoms with Crippen LogP contribution in [0.2, 0.25) is 0 Å². The number of imide groups is 1. The molecule has 3 aliphatic heterocycles. The number of aliphatic hydroxyl groups excluding tert-OH is 3. The fraction of sp³-hybridized carbons (Fsp3) is 0.519. The molecule has 4 bridgehead atoms. The molecule has 564 valence electrons. The molecule has 0 spiro atoms. The standard InChI is InChI=1S/C79H96N10O16S/c1-45(2)65(84-61(91)18-9-8-12-30-88-63(93)27-28-64(88)94)72(99)81-46(3)57(90)35-48-19-20-49(51(34-48)21-24-58-67(95)68(96)69(97)70(105-58)74(102)103)22-26-62(92)86(7)32-33-104-79-41-76(5)38-77(6,42-79)40-78(39-76,43-79)44-89-47(4)54(36-80-89)52-23-25-60(83-66(52)73(100)101)87-31-29-50-14-13-15-53(55(50)37-87)71(98)85-75-82-56-16-10-11-17-59(56)106-75/h10-11,13-17,19-20,23,25,27-28,34,36,45-46,58,65,67-70,95-97H,8-9,12,18,21-22,24,26,29-33,35,37-44H2,1-7H3,(H,81,99)(H,84,91)(H,100,101)(H,102,103)(H,82,85,98)/t46-,58-,65-,67-,68+,69-,70-,76?,77?,78?,79?/m0/s1. The number of aryl methyl sites for hydroxylation is 2. The number of anilines is 2. The lowest BCUT2D eigenvalue weighted by Crippen LogP contribution is -2.64. The first-order valence-electron chi connectivity index (χ1n) is 36.8. The number of ketones is 1. The smallest absolute Gasteiger partial charge is 0.355 e. The monoisotopic (exact) mass is 1470 g/mol. The van der Waals surface area contributed by atoms with E-state index in [-0.39, 0.29) is 115 Å². The number of likely N-dealkylation sites (N-methyl/N-ethyl adjacent to an activating group) is 1. The minimum atomic E-state index is -1.87. The number of pyridine rings is 1. The molecule has 13 rings (SSSR count). The van der Waals surface area contributed by atoms with Gasteiger partial charge in [0.2, 0.25) is 17.7 Å². The third-order valence-corrected chi connectivity index (χ3v) is 23.4. The van der Waals surface area contributed by atoms with Crippen molar-refractivity contribution in [3.8, 4) is 11.1 Å². The van der Waals surface area contributed by atoms with Crippen molar-refractivity contribution in [2.45, 2.75) is 206 Å². The molecule has 26 nitrogen and oxygen atoms in total. The van der Waals surface area contributed by atoms with E-state index in [2.05, 4.69) is 34.8 Å². The normalized spacial score (nSPS) is 25.0. The van der Waals surface area contributed by atoms with Crippen molar-refractivity contribution in [3.63, 3.8) is 0 Å². The number of unbranched alkanes of at least 4 members (excludes halogenated alkanes) is 2. The molecule has 8 N–H and O–H groups in total. The zero-order valence-electron chi connectivity index (χ0n) is 61.1. The van der Waals surface area contributed by atoms with E-state index in [0.717, 1.165) is 76.0 Å². The lowest BCUT2D eigenvalue weighted by molar-refractivity contribution is -0.248. The van der Waals surface area contributed by atoms with Crippen LogP contribution in [-0.2, 0) is 81.8 Å². The van der Waals surface area contributed by atoms with Gasteiger partial charge in [-0.3, -0.25) is 48.5 Å². The quantitative estimate of drug-likeness (QED) is 0.0152. The highest BCUT2D eigenvalue weighted by Gasteiger charge is 2.66. The molecule has 2 unspecified atom stereocenters. The average Bonchev–Trinajstić information content (AvgIpc) is 0.697. The Morgan fingerprint density at radius 1 is 0.792 bits per heavy atom. The second-order valence-corrected chi connectivity index (χ2v) is 32.5. The molecule has 27 heteroatoms. The van der Waals surface area contributed by atoms with Gasteiger partial charge in [-0.2, -0.15) is 5.10 Å². The van der Waals surface area contributed by atoms with Gasteiger partial charge in [0.25, 0.3) is 17.7 Å². The molecule has 6 heterocycles. The van der Waals surface area contributed by atoms with Crippen LogP contribution in [-0.4, -0.2) is 190 Å². The highest BCUT2D eigenvalue weighted by Crippen LogP contribution is 2.72. The summed E-state index contributed by atoms with van der Waals surface area (Å²) in [5, 5.41) is 66.6. The van der Waals surface area contributed by atoms with Crippen molar-refractivity contribution in [2.75, 3.05) is 43.5 Å². The van der Waals surface area contributed by atoms with Gasteiger partial charge in [0.15, 0.2) is 22.7 Å². The van der Waals surface area contributed by atoms with Gasteiger partial charge in [0.05, 0.1) is 40.8 Å². The molecule has 7 aliphatic rings. The predicted molar refractivity (Wildman–Crippen MR) is 393 cm³/mol. The van der Waals surface area contributed by atoms with Crippen LogP contribution in [0.15, 0.2) is 91.1 Å². The van der Waals surface area contributed by atoms with Crippen LogP contribution in [0.1, 0.15) is 166 Å². The molecule has 3 aromatic carbocycles. The number of fused-ring (bicyclic) bond motifs is 2. The van der Waals surface area contributed by atoms with Gasteiger partial charge in [-0.25, -0.2) is 19.6 Å². The van der Waals surface area contributed by atoms with Crippen LogP contribution in [0.4, 0.5) is 10.9 Å². The van der Waals surface area contributed by atoms with Crippen LogP contribution in [0, 0.1) is 29.1 Å². The summed E-state index contributed by atoms with van der Waals surface area (Å²) in [6, 6.07) is 20.5. The third-order valence-electron chi connectivity index (χ3n) is 22.4. The summed E-state index contributed by atoms with van der Waals surface area (Å²) in [7, 11) is 1.74. The maximum absolute atomic E-state index is 14.2. The van der Waals surface area contributed by atoms with Crippen molar-refractivity contribution in [1.82, 2.24) is 40.2 Å². The molecule has 6 amide bonds. The Morgan fingerprint density at radius 2 is 1.54 bits per heavy atom. The lowest BCUT2D eigenvalue weighted by atomic mass is 9.39. The number of thiazole rings is 1. The van der Waals surface area contributed by atoms with Gasteiger partial charge >= 0.3 is 11.9 Å². The third kappa shape index (κ3) is 16.8. The van der Waals surface area contributed by atoms with Crippen molar-refractivity contribution in [2.24, 2.45) is 22.2 Å². The number of nitrogens with zero attached hydrogens (tertiary/aromatic N) is 7. The van der Waals surface area contributed by atoms with E-state index < -0.39 is 66.1 Å². The summed E-state index contributed by atoms with van der Waals surface area (Å²) in [5.74, 6) is -4.93. The number of aliphatic carboxylic acids is 1. The second-order valence-electron chi connectivity index (χ2n) is 31.4. The molecule has 4 aliphatic carbocycles. The maximum Gasteiger partial charge on any atom is 0.355 e. The first-order valence-corrected chi connectivity index (χ1v) is 37.6. The Bertz CT molecular complexity index is 4360. The first-order chi connectivity index (χ1) is 50.4. The number of aromatic nitrogens is 4. The number of Topliss-reactive ketones (excluding diaryl/α,β-unsaturated/α-hetero) is 1. The van der Waals surface area contributed by atoms with Crippen molar-refractivity contribution in [3.05, 3.63) is 136 Å². The summed E-state index contributed by atoms with van der Waals surface area (Å²) in [4.78, 5) is 132. The number of carbonyl (C=O) groups is 9. The second kappa shape index (κ2) is 31.4. The number of carboxylic acids is 2. The summed E-state index contributed by atoms with van der Waals surface area (Å²) >= 11 is 1.41. The number of nitrogens with one attached hydrogen (secondary N) is 3. The molecule has 9 atom stereocenters. The number of rotatable bonds is 31. The number of amides is 6. The average molecular weight is 1470 g/mol. The summed E-state index contributed by atoms with van der Waals surface area (Å²) in [6.07, 6.45) is 4.05. The van der Waals surface area contributed by atoms with E-state index in [1.54, 1.807) is 63.2 Å². The number of ether oxygens (including phenoxy) is 2. The molecule has 1 saturated heterocycles. The fourth-order valence-electron chi connectivity index (χ4n) is 18.2. The lowest BCUT2D eigenvalue weighted by Gasteiger charge is -2.69. The fourth-order valence-corrected chi connectivity index (χ4v) is 19.1. The van der Waals surface area contributed by atoms with Crippen LogP contribution in [0.3, 0.4) is 0 Å². The summed E-state index contributed by atoms with van der Waals surface area (Å²) < 4.78 is 15.7. The Hall–Kier alpha value is -9.12. The molecule has 106 heavy (non-hydrogen) atoms. The number of hydrogen-bond acceptors (Lipinski definition) is 19.